The van der Waals surface area contributed by atoms with Crippen molar-refractivity contribution in [3.8, 4) is 0 Å². The summed E-state index contributed by atoms with van der Waals surface area (Å²) in [6, 6.07) is 11.0. The minimum Gasteiger partial charge on any atom is -0.411 e. The average Bonchev–Trinajstić information content (AvgIpc) is 2.97. The molecule has 2 aliphatic rings. The Labute approximate surface area is 114 Å². The van der Waals surface area contributed by atoms with Crippen LogP contribution in [0.1, 0.15) is 19.3 Å². The van der Waals surface area contributed by atoms with Crippen LogP contribution in [0, 0.1) is 0 Å². The first kappa shape index (κ1) is 12.5. The van der Waals surface area contributed by atoms with Crippen molar-refractivity contribution in [2.45, 2.75) is 25.3 Å². The highest BCUT2D eigenvalue weighted by Gasteiger charge is 2.31. The molecule has 1 aliphatic carbocycles. The number of piperazine rings is 1. The van der Waals surface area contributed by atoms with Gasteiger partial charge in [-0.15, -0.1) is 0 Å². The second-order valence-corrected chi connectivity index (χ2v) is 5.36. The second kappa shape index (κ2) is 5.61. The standard InChI is InChI=1S/C15H21N3O/c19-16-14-7-4-8-15(14)18-11-9-17(10-12-18)13-5-2-1-3-6-13/h1-3,5-6,15,19H,4,7-12H2/b16-14+/t15-/m1/s1. The molecule has 102 valence electrons. The van der Waals surface area contributed by atoms with Crippen molar-refractivity contribution in [3.05, 3.63) is 30.3 Å². The SMILES string of the molecule is O/N=C1\CCC[C@H]1N1CCN(c2ccccc2)CC1. The van der Waals surface area contributed by atoms with E-state index in [2.05, 4.69) is 45.3 Å². The van der Waals surface area contributed by atoms with Crippen LogP contribution in [0.3, 0.4) is 0 Å². The van der Waals surface area contributed by atoms with Crippen LogP contribution in [0.5, 0.6) is 0 Å². The molecule has 1 N–H and O–H groups in total. The van der Waals surface area contributed by atoms with Gasteiger partial charge in [-0.3, -0.25) is 4.90 Å². The summed E-state index contributed by atoms with van der Waals surface area (Å²) in [7, 11) is 0. The predicted octanol–water partition coefficient (Wildman–Crippen LogP) is 2.19. The molecule has 4 nitrogen and oxygen atoms in total. The highest BCUT2D eigenvalue weighted by molar-refractivity contribution is 5.90. The minimum atomic E-state index is 0.378. The third-order valence-corrected chi connectivity index (χ3v) is 4.30. The molecule has 1 aromatic carbocycles. The van der Waals surface area contributed by atoms with E-state index < -0.39 is 0 Å². The highest BCUT2D eigenvalue weighted by Crippen LogP contribution is 2.24. The Morgan fingerprint density at radius 3 is 2.47 bits per heavy atom. The molecule has 1 aromatic rings. The first-order chi connectivity index (χ1) is 9.38. The monoisotopic (exact) mass is 259 g/mol. The number of nitrogens with zero attached hydrogens (tertiary/aromatic N) is 3. The Kier molecular flexibility index (Phi) is 3.69. The van der Waals surface area contributed by atoms with Crippen LogP contribution in [0.15, 0.2) is 35.5 Å². The first-order valence-corrected chi connectivity index (χ1v) is 7.13. The Balaban J connectivity index is 1.61. The van der Waals surface area contributed by atoms with Gasteiger partial charge in [-0.25, -0.2) is 0 Å². The molecular formula is C15H21N3O. The molecule has 1 saturated heterocycles. The number of oxime groups is 1. The van der Waals surface area contributed by atoms with Gasteiger partial charge in [-0.1, -0.05) is 23.4 Å². The molecule has 19 heavy (non-hydrogen) atoms. The maximum absolute atomic E-state index is 9.05. The molecule has 1 heterocycles. The van der Waals surface area contributed by atoms with E-state index in [9.17, 15) is 0 Å². The molecule has 0 unspecified atom stereocenters. The number of hydrogen-bond acceptors (Lipinski definition) is 4. The van der Waals surface area contributed by atoms with Gasteiger partial charge in [0.2, 0.25) is 0 Å². The first-order valence-electron chi connectivity index (χ1n) is 7.13. The third-order valence-electron chi connectivity index (χ3n) is 4.30. The zero-order valence-electron chi connectivity index (χ0n) is 11.2. The molecule has 1 atom stereocenters. The van der Waals surface area contributed by atoms with Crippen molar-refractivity contribution in [2.75, 3.05) is 31.1 Å². The van der Waals surface area contributed by atoms with Crippen molar-refractivity contribution < 1.29 is 5.21 Å². The molecule has 2 fully saturated rings. The van der Waals surface area contributed by atoms with E-state index >= 15 is 0 Å². The number of para-hydroxylation sites is 1. The van der Waals surface area contributed by atoms with Crippen molar-refractivity contribution in [3.63, 3.8) is 0 Å². The average molecular weight is 259 g/mol. The van der Waals surface area contributed by atoms with Crippen molar-refractivity contribution >= 4 is 11.4 Å². The fraction of sp³-hybridized carbons (Fsp3) is 0.533. The quantitative estimate of drug-likeness (QED) is 0.653. The number of hydrogen-bond donors (Lipinski definition) is 1. The van der Waals surface area contributed by atoms with Crippen molar-refractivity contribution in [2.24, 2.45) is 5.16 Å². The van der Waals surface area contributed by atoms with Gasteiger partial charge in [0.25, 0.3) is 0 Å². The summed E-state index contributed by atoms with van der Waals surface area (Å²) >= 11 is 0. The van der Waals surface area contributed by atoms with Gasteiger partial charge in [0, 0.05) is 31.9 Å². The summed E-state index contributed by atoms with van der Waals surface area (Å²) in [4.78, 5) is 4.91. The summed E-state index contributed by atoms with van der Waals surface area (Å²) in [5.74, 6) is 0. The van der Waals surface area contributed by atoms with E-state index in [-0.39, 0.29) is 0 Å². The Bertz CT molecular complexity index is 438. The maximum Gasteiger partial charge on any atom is 0.0742 e. The van der Waals surface area contributed by atoms with E-state index in [0.717, 1.165) is 51.2 Å². The summed E-state index contributed by atoms with van der Waals surface area (Å²) < 4.78 is 0. The Morgan fingerprint density at radius 2 is 1.79 bits per heavy atom. The zero-order chi connectivity index (χ0) is 13.1. The van der Waals surface area contributed by atoms with Crippen molar-refractivity contribution in [1.82, 2.24) is 4.90 Å². The summed E-state index contributed by atoms with van der Waals surface area (Å²) in [5, 5.41) is 12.5. The maximum atomic E-state index is 9.05. The fourth-order valence-corrected chi connectivity index (χ4v) is 3.25. The normalized spacial score (nSPS) is 27.1. The Hall–Kier alpha value is -1.55. The molecule has 1 saturated carbocycles. The van der Waals surface area contributed by atoms with Gasteiger partial charge in [-0.05, 0) is 31.4 Å². The van der Waals surface area contributed by atoms with E-state index in [1.165, 1.54) is 5.69 Å². The lowest BCUT2D eigenvalue weighted by atomic mass is 10.1. The summed E-state index contributed by atoms with van der Waals surface area (Å²) in [6.07, 6.45) is 3.26. The lowest BCUT2D eigenvalue weighted by molar-refractivity contribution is 0.221. The van der Waals surface area contributed by atoms with E-state index in [1.807, 2.05) is 0 Å². The van der Waals surface area contributed by atoms with Crippen LogP contribution in [-0.4, -0.2) is 48.0 Å². The van der Waals surface area contributed by atoms with Crippen LogP contribution in [0.25, 0.3) is 0 Å². The largest absolute Gasteiger partial charge is 0.411 e. The molecule has 0 bridgehead atoms. The number of benzene rings is 1. The molecular weight excluding hydrogens is 238 g/mol. The summed E-state index contributed by atoms with van der Waals surface area (Å²) in [5.41, 5.74) is 2.29. The molecule has 4 heteroatoms. The molecule has 1 aliphatic heterocycles. The molecule has 0 amide bonds. The summed E-state index contributed by atoms with van der Waals surface area (Å²) in [6.45, 7) is 4.22. The fourth-order valence-electron chi connectivity index (χ4n) is 3.25. The highest BCUT2D eigenvalue weighted by atomic mass is 16.4. The third kappa shape index (κ3) is 2.59. The van der Waals surface area contributed by atoms with E-state index in [4.69, 9.17) is 5.21 Å². The lowest BCUT2D eigenvalue weighted by Gasteiger charge is -2.39. The van der Waals surface area contributed by atoms with Crippen LogP contribution in [0.4, 0.5) is 5.69 Å². The van der Waals surface area contributed by atoms with Crippen LogP contribution >= 0.6 is 0 Å². The zero-order valence-corrected chi connectivity index (χ0v) is 11.2. The minimum absolute atomic E-state index is 0.378. The van der Waals surface area contributed by atoms with Gasteiger partial charge in [0.1, 0.15) is 0 Å². The molecule has 0 aromatic heterocycles. The van der Waals surface area contributed by atoms with Crippen LogP contribution in [-0.2, 0) is 0 Å². The second-order valence-electron chi connectivity index (χ2n) is 5.36. The number of rotatable bonds is 2. The topological polar surface area (TPSA) is 39.1 Å². The van der Waals surface area contributed by atoms with Crippen LogP contribution in [0.2, 0.25) is 0 Å². The van der Waals surface area contributed by atoms with Gasteiger partial charge < -0.3 is 10.1 Å². The van der Waals surface area contributed by atoms with Gasteiger partial charge in [0.15, 0.2) is 0 Å². The van der Waals surface area contributed by atoms with Gasteiger partial charge in [0.05, 0.1) is 11.8 Å². The molecule has 0 spiro atoms. The molecule has 3 rings (SSSR count). The van der Waals surface area contributed by atoms with Crippen molar-refractivity contribution in [1.29, 1.82) is 0 Å². The Morgan fingerprint density at radius 1 is 1.05 bits per heavy atom. The smallest absolute Gasteiger partial charge is 0.0742 e. The van der Waals surface area contributed by atoms with Gasteiger partial charge in [-0.2, -0.15) is 0 Å². The molecule has 0 radical (unpaired) electrons. The predicted molar refractivity (Wildman–Crippen MR) is 77.1 cm³/mol. The van der Waals surface area contributed by atoms with E-state index in [1.54, 1.807) is 0 Å². The van der Waals surface area contributed by atoms with Gasteiger partial charge >= 0.3 is 0 Å². The lowest BCUT2D eigenvalue weighted by Crippen LogP contribution is -2.51. The number of anilines is 1. The van der Waals surface area contributed by atoms with Crippen LogP contribution < -0.4 is 4.90 Å². The van der Waals surface area contributed by atoms with E-state index in [0.29, 0.717) is 6.04 Å².